The molecule has 18 heavy (non-hydrogen) atoms. The SMILES string of the molecule is Cc1c[nH]c2c1c(C(=O)O)nc1c(F)cccc12. The standard InChI is InChI=1S/C13H9FN2O2/c1-6-5-15-11-7-3-2-4-8(14)10(7)16-12(9(6)11)13(17)18/h2-5,15H,1H3,(H,17,18). The monoisotopic (exact) mass is 244 g/mol. The first-order chi connectivity index (χ1) is 8.59. The van der Waals surface area contributed by atoms with Crippen molar-refractivity contribution in [2.75, 3.05) is 0 Å². The van der Waals surface area contributed by atoms with Gasteiger partial charge in [0.1, 0.15) is 11.3 Å². The molecule has 0 unspecified atom stereocenters. The highest BCUT2D eigenvalue weighted by atomic mass is 19.1. The number of hydrogen-bond donors (Lipinski definition) is 2. The van der Waals surface area contributed by atoms with Crippen molar-refractivity contribution in [1.29, 1.82) is 0 Å². The van der Waals surface area contributed by atoms with Crippen molar-refractivity contribution >= 4 is 27.8 Å². The van der Waals surface area contributed by atoms with E-state index >= 15 is 0 Å². The van der Waals surface area contributed by atoms with E-state index in [1.807, 2.05) is 0 Å². The number of aromatic amines is 1. The van der Waals surface area contributed by atoms with Gasteiger partial charge in [0.05, 0.1) is 5.52 Å². The van der Waals surface area contributed by atoms with Gasteiger partial charge in [0.15, 0.2) is 5.69 Å². The van der Waals surface area contributed by atoms with Crippen LogP contribution in [0.25, 0.3) is 21.8 Å². The first-order valence-corrected chi connectivity index (χ1v) is 5.39. The van der Waals surface area contributed by atoms with E-state index in [0.29, 0.717) is 16.3 Å². The molecule has 90 valence electrons. The van der Waals surface area contributed by atoms with E-state index < -0.39 is 11.8 Å². The third kappa shape index (κ3) is 1.30. The smallest absolute Gasteiger partial charge is 0.355 e. The summed E-state index contributed by atoms with van der Waals surface area (Å²) in [7, 11) is 0. The number of rotatable bonds is 1. The van der Waals surface area contributed by atoms with Crippen LogP contribution in [0.3, 0.4) is 0 Å². The van der Waals surface area contributed by atoms with E-state index in [2.05, 4.69) is 9.97 Å². The van der Waals surface area contributed by atoms with Crippen LogP contribution in [0.5, 0.6) is 0 Å². The second kappa shape index (κ2) is 3.53. The van der Waals surface area contributed by atoms with Crippen LogP contribution >= 0.6 is 0 Å². The van der Waals surface area contributed by atoms with Crippen molar-refractivity contribution < 1.29 is 14.3 Å². The van der Waals surface area contributed by atoms with Crippen LogP contribution in [0.15, 0.2) is 24.4 Å². The molecule has 0 aliphatic heterocycles. The van der Waals surface area contributed by atoms with Crippen molar-refractivity contribution in [3.63, 3.8) is 0 Å². The Morgan fingerprint density at radius 3 is 2.94 bits per heavy atom. The third-order valence-corrected chi connectivity index (χ3v) is 3.00. The van der Waals surface area contributed by atoms with E-state index in [0.717, 1.165) is 5.56 Å². The molecule has 1 aromatic carbocycles. The molecule has 3 rings (SSSR count). The Kier molecular flexibility index (Phi) is 2.10. The summed E-state index contributed by atoms with van der Waals surface area (Å²) in [5.74, 6) is -1.68. The first kappa shape index (κ1) is 10.7. The molecule has 2 heterocycles. The lowest BCUT2D eigenvalue weighted by Gasteiger charge is -2.04. The van der Waals surface area contributed by atoms with Crippen LogP contribution in [0.1, 0.15) is 16.1 Å². The largest absolute Gasteiger partial charge is 0.476 e. The molecule has 3 aromatic rings. The highest BCUT2D eigenvalue weighted by Gasteiger charge is 2.18. The Labute approximate surface area is 101 Å². The van der Waals surface area contributed by atoms with Crippen LogP contribution in [0, 0.1) is 12.7 Å². The van der Waals surface area contributed by atoms with Crippen molar-refractivity contribution in [3.05, 3.63) is 41.5 Å². The number of nitrogens with zero attached hydrogens (tertiary/aromatic N) is 1. The van der Waals surface area contributed by atoms with Crippen LogP contribution in [-0.2, 0) is 0 Å². The zero-order valence-corrected chi connectivity index (χ0v) is 9.49. The number of carboxylic acids is 1. The summed E-state index contributed by atoms with van der Waals surface area (Å²) in [6, 6.07) is 4.56. The number of carboxylic acid groups (broad SMARTS) is 1. The predicted octanol–water partition coefficient (Wildman–Crippen LogP) is 2.86. The number of nitrogens with one attached hydrogen (secondary N) is 1. The van der Waals surface area contributed by atoms with Crippen LogP contribution in [0.4, 0.5) is 4.39 Å². The number of para-hydroxylation sites is 1. The molecule has 0 atom stereocenters. The number of pyridine rings is 1. The summed E-state index contributed by atoms with van der Waals surface area (Å²) in [6.45, 7) is 1.79. The molecule has 0 aliphatic carbocycles. The van der Waals surface area contributed by atoms with Gasteiger partial charge in [0, 0.05) is 17.0 Å². The molecule has 5 heteroatoms. The molecule has 2 aromatic heterocycles. The van der Waals surface area contributed by atoms with E-state index in [4.69, 9.17) is 0 Å². The minimum atomic E-state index is -1.16. The summed E-state index contributed by atoms with van der Waals surface area (Å²) in [4.78, 5) is 18.1. The number of aromatic carboxylic acids is 1. The molecule has 0 amide bonds. The number of H-pyrrole nitrogens is 1. The van der Waals surface area contributed by atoms with Crippen molar-refractivity contribution in [2.45, 2.75) is 6.92 Å². The van der Waals surface area contributed by atoms with Gasteiger partial charge in [-0.15, -0.1) is 0 Å². The number of benzene rings is 1. The second-order valence-corrected chi connectivity index (χ2v) is 4.12. The minimum Gasteiger partial charge on any atom is -0.476 e. The molecule has 0 aliphatic rings. The lowest BCUT2D eigenvalue weighted by Crippen LogP contribution is -2.03. The minimum absolute atomic E-state index is 0.0734. The Bertz CT molecular complexity index is 792. The van der Waals surface area contributed by atoms with Gasteiger partial charge in [0.2, 0.25) is 0 Å². The quantitative estimate of drug-likeness (QED) is 0.691. The van der Waals surface area contributed by atoms with Gasteiger partial charge in [0.25, 0.3) is 0 Å². The predicted molar refractivity (Wildman–Crippen MR) is 65.3 cm³/mol. The molecule has 0 radical (unpaired) electrons. The summed E-state index contributed by atoms with van der Waals surface area (Å²) in [5, 5.41) is 10.3. The second-order valence-electron chi connectivity index (χ2n) is 4.12. The number of hydrogen-bond acceptors (Lipinski definition) is 2. The Morgan fingerprint density at radius 2 is 2.22 bits per heavy atom. The van der Waals surface area contributed by atoms with Crippen molar-refractivity contribution in [2.24, 2.45) is 0 Å². The molecular weight excluding hydrogens is 235 g/mol. The maximum atomic E-state index is 13.7. The third-order valence-electron chi connectivity index (χ3n) is 3.00. The molecular formula is C13H9FN2O2. The zero-order valence-electron chi connectivity index (χ0n) is 9.49. The summed E-state index contributed by atoms with van der Waals surface area (Å²) < 4.78 is 13.7. The fourth-order valence-electron chi connectivity index (χ4n) is 2.19. The topological polar surface area (TPSA) is 66.0 Å². The Balaban J connectivity index is 2.63. The van der Waals surface area contributed by atoms with Crippen LogP contribution in [0.2, 0.25) is 0 Å². The molecule has 0 fully saturated rings. The fourth-order valence-corrected chi connectivity index (χ4v) is 2.19. The zero-order chi connectivity index (χ0) is 12.9. The average Bonchev–Trinajstić information content (AvgIpc) is 2.72. The number of aryl methyl sites for hydroxylation is 1. The molecule has 4 nitrogen and oxygen atoms in total. The van der Waals surface area contributed by atoms with Gasteiger partial charge in [-0.3, -0.25) is 0 Å². The molecule has 2 N–H and O–H groups in total. The maximum absolute atomic E-state index is 13.7. The summed E-state index contributed by atoms with van der Waals surface area (Å²) in [6.07, 6.45) is 1.70. The lowest BCUT2D eigenvalue weighted by molar-refractivity contribution is 0.0693. The highest BCUT2D eigenvalue weighted by molar-refractivity contribution is 6.12. The number of aromatic nitrogens is 2. The van der Waals surface area contributed by atoms with Gasteiger partial charge in [-0.25, -0.2) is 14.2 Å². The first-order valence-electron chi connectivity index (χ1n) is 5.39. The van der Waals surface area contributed by atoms with Gasteiger partial charge >= 0.3 is 5.97 Å². The van der Waals surface area contributed by atoms with Gasteiger partial charge < -0.3 is 10.1 Å². The Morgan fingerprint density at radius 1 is 1.44 bits per heavy atom. The number of halogens is 1. The van der Waals surface area contributed by atoms with E-state index in [9.17, 15) is 14.3 Å². The Hall–Kier alpha value is -2.43. The molecule has 0 spiro atoms. The van der Waals surface area contributed by atoms with Gasteiger partial charge in [-0.2, -0.15) is 0 Å². The van der Waals surface area contributed by atoms with E-state index in [1.54, 1.807) is 25.3 Å². The van der Waals surface area contributed by atoms with Gasteiger partial charge in [-0.05, 0) is 18.6 Å². The van der Waals surface area contributed by atoms with Crippen LogP contribution in [-0.4, -0.2) is 21.0 Å². The van der Waals surface area contributed by atoms with Crippen LogP contribution < -0.4 is 0 Å². The molecule has 0 saturated heterocycles. The van der Waals surface area contributed by atoms with E-state index in [-0.39, 0.29) is 11.2 Å². The normalized spacial score (nSPS) is 11.2. The van der Waals surface area contributed by atoms with Crippen molar-refractivity contribution in [3.8, 4) is 0 Å². The number of fused-ring (bicyclic) bond motifs is 3. The fraction of sp³-hybridized carbons (Fsp3) is 0.0769. The highest BCUT2D eigenvalue weighted by Crippen LogP contribution is 2.29. The molecule has 0 saturated carbocycles. The number of carbonyl (C=O) groups is 1. The summed E-state index contributed by atoms with van der Waals surface area (Å²) in [5.41, 5.74) is 1.33. The summed E-state index contributed by atoms with van der Waals surface area (Å²) >= 11 is 0. The maximum Gasteiger partial charge on any atom is 0.355 e. The lowest BCUT2D eigenvalue weighted by atomic mass is 10.1. The van der Waals surface area contributed by atoms with Crippen molar-refractivity contribution in [1.82, 2.24) is 9.97 Å². The average molecular weight is 244 g/mol. The van der Waals surface area contributed by atoms with Gasteiger partial charge in [-0.1, -0.05) is 12.1 Å². The molecule has 0 bridgehead atoms. The van der Waals surface area contributed by atoms with E-state index in [1.165, 1.54) is 6.07 Å².